The van der Waals surface area contributed by atoms with Crippen molar-refractivity contribution in [2.24, 2.45) is 0 Å². The van der Waals surface area contributed by atoms with Crippen molar-refractivity contribution in [1.29, 1.82) is 0 Å². The zero-order valence-electron chi connectivity index (χ0n) is 13.9. The third-order valence-electron chi connectivity index (χ3n) is 3.12. The number of nitrogens with zero attached hydrogens (tertiary/aromatic N) is 2. The molecular weight excluding hydrogens is 284 g/mol. The molecule has 3 N–H and O–H groups in total. The largest absolute Gasteiger partial charge is 0.387 e. The Morgan fingerprint density at radius 3 is 2.29 bits per heavy atom. The number of aromatic nitrogens is 2. The van der Waals surface area contributed by atoms with Crippen LogP contribution in [0.15, 0.2) is 0 Å². The third kappa shape index (κ3) is 5.36. The Bertz CT molecular complexity index is 463. The smallest absolute Gasteiger partial charge is 0.135 e. The highest BCUT2D eigenvalue weighted by Crippen LogP contribution is 2.24. The monoisotopic (exact) mass is 312 g/mol. The molecule has 0 fully saturated rings. The number of hydrogen-bond acceptors (Lipinski definition) is 6. The molecule has 1 rings (SSSR count). The number of aliphatic hydroxyl groups is 1. The maximum absolute atomic E-state index is 10.3. The molecule has 1 atom stereocenters. The van der Waals surface area contributed by atoms with Crippen molar-refractivity contribution in [2.75, 3.05) is 35.7 Å². The first-order valence-corrected chi connectivity index (χ1v) is 8.77. The first-order valence-electron chi connectivity index (χ1n) is 7.38. The molecule has 6 heteroatoms. The van der Waals surface area contributed by atoms with E-state index in [1.54, 1.807) is 11.8 Å². The molecule has 0 aliphatic rings. The summed E-state index contributed by atoms with van der Waals surface area (Å²) in [6.45, 7) is 11.3. The Kier molecular flexibility index (Phi) is 6.74. The number of nitrogens with one attached hydrogen (secondary N) is 2. The molecule has 1 aromatic heterocycles. The number of thioether (sulfide) groups is 1. The van der Waals surface area contributed by atoms with Gasteiger partial charge in [0.25, 0.3) is 0 Å². The Hall–Kier alpha value is -1.01. The molecule has 0 saturated heterocycles. The molecule has 1 aromatic rings. The second-order valence-electron chi connectivity index (χ2n) is 5.87. The van der Waals surface area contributed by atoms with Gasteiger partial charge in [-0.1, -0.05) is 13.8 Å². The molecule has 0 saturated carbocycles. The van der Waals surface area contributed by atoms with Crippen LogP contribution in [-0.2, 0) is 0 Å². The standard InChI is InChI=1S/C15H28N4OS/c1-7-16-13-11(4)14(19-12(18-13)10(2)3)17-8-15(5,20)9-21-6/h10,20H,7-9H2,1-6H3,(H2,16,17,18,19). The molecule has 0 aliphatic carbocycles. The maximum atomic E-state index is 10.3. The van der Waals surface area contributed by atoms with Crippen LogP contribution in [-0.4, -0.2) is 45.8 Å². The van der Waals surface area contributed by atoms with E-state index in [-0.39, 0.29) is 5.92 Å². The first-order chi connectivity index (χ1) is 9.80. The van der Waals surface area contributed by atoms with Crippen molar-refractivity contribution in [1.82, 2.24) is 9.97 Å². The lowest BCUT2D eigenvalue weighted by Gasteiger charge is -2.24. The predicted octanol–water partition coefficient (Wildman–Crippen LogP) is 2.87. The lowest BCUT2D eigenvalue weighted by Crippen LogP contribution is -2.36. The Morgan fingerprint density at radius 1 is 1.24 bits per heavy atom. The van der Waals surface area contributed by atoms with Gasteiger partial charge in [0.15, 0.2) is 0 Å². The average molecular weight is 312 g/mol. The normalized spacial score (nSPS) is 14.1. The van der Waals surface area contributed by atoms with Gasteiger partial charge in [0.1, 0.15) is 17.5 Å². The van der Waals surface area contributed by atoms with E-state index in [2.05, 4.69) is 34.4 Å². The molecule has 21 heavy (non-hydrogen) atoms. The van der Waals surface area contributed by atoms with Crippen LogP contribution in [0.2, 0.25) is 0 Å². The van der Waals surface area contributed by atoms with Crippen molar-refractivity contribution in [3.63, 3.8) is 0 Å². The van der Waals surface area contributed by atoms with Crippen LogP contribution in [0.25, 0.3) is 0 Å². The molecule has 0 amide bonds. The van der Waals surface area contributed by atoms with Crippen molar-refractivity contribution in [3.8, 4) is 0 Å². The minimum Gasteiger partial charge on any atom is -0.387 e. The van der Waals surface area contributed by atoms with Gasteiger partial charge in [-0.2, -0.15) is 11.8 Å². The van der Waals surface area contributed by atoms with Gasteiger partial charge in [-0.15, -0.1) is 0 Å². The van der Waals surface area contributed by atoms with Gasteiger partial charge in [-0.25, -0.2) is 9.97 Å². The van der Waals surface area contributed by atoms with Gasteiger partial charge in [0.2, 0.25) is 0 Å². The quantitative estimate of drug-likeness (QED) is 0.686. The highest BCUT2D eigenvalue weighted by molar-refractivity contribution is 7.98. The second kappa shape index (κ2) is 7.84. The lowest BCUT2D eigenvalue weighted by molar-refractivity contribution is 0.0996. The highest BCUT2D eigenvalue weighted by atomic mass is 32.2. The van der Waals surface area contributed by atoms with Crippen molar-refractivity contribution in [2.45, 2.75) is 46.1 Å². The molecule has 5 nitrogen and oxygen atoms in total. The molecule has 0 aromatic carbocycles. The number of anilines is 2. The highest BCUT2D eigenvalue weighted by Gasteiger charge is 2.21. The van der Waals surface area contributed by atoms with Crippen molar-refractivity contribution >= 4 is 23.4 Å². The molecule has 0 aliphatic heterocycles. The average Bonchev–Trinajstić information content (AvgIpc) is 2.39. The predicted molar refractivity (Wildman–Crippen MR) is 92.5 cm³/mol. The molecular formula is C15H28N4OS. The summed E-state index contributed by atoms with van der Waals surface area (Å²) in [5, 5.41) is 16.8. The van der Waals surface area contributed by atoms with Crippen LogP contribution in [0.1, 0.15) is 45.0 Å². The molecule has 0 bridgehead atoms. The van der Waals surface area contributed by atoms with E-state index in [4.69, 9.17) is 0 Å². The van der Waals surface area contributed by atoms with Crippen LogP contribution >= 0.6 is 11.8 Å². The fraction of sp³-hybridized carbons (Fsp3) is 0.733. The zero-order valence-corrected chi connectivity index (χ0v) is 14.8. The van der Waals surface area contributed by atoms with Crippen molar-refractivity contribution < 1.29 is 5.11 Å². The summed E-state index contributed by atoms with van der Waals surface area (Å²) in [4.78, 5) is 9.17. The molecule has 1 unspecified atom stereocenters. The van der Waals surface area contributed by atoms with Gasteiger partial charge in [-0.05, 0) is 27.0 Å². The summed E-state index contributed by atoms with van der Waals surface area (Å²) in [7, 11) is 0. The van der Waals surface area contributed by atoms with Crippen molar-refractivity contribution in [3.05, 3.63) is 11.4 Å². The van der Waals surface area contributed by atoms with Gasteiger partial charge in [0, 0.05) is 30.3 Å². The van der Waals surface area contributed by atoms with Crippen LogP contribution in [0, 0.1) is 6.92 Å². The minimum atomic E-state index is -0.757. The third-order valence-corrected chi connectivity index (χ3v) is 4.03. The summed E-state index contributed by atoms with van der Waals surface area (Å²) in [5.41, 5.74) is 0.230. The van der Waals surface area contributed by atoms with E-state index >= 15 is 0 Å². The van der Waals surface area contributed by atoms with Gasteiger partial charge in [0.05, 0.1) is 5.60 Å². The van der Waals surface area contributed by atoms with E-state index in [0.29, 0.717) is 12.3 Å². The summed E-state index contributed by atoms with van der Waals surface area (Å²) in [5.74, 6) is 3.41. The molecule has 1 heterocycles. The van der Waals surface area contributed by atoms with Crippen LogP contribution < -0.4 is 10.6 Å². The van der Waals surface area contributed by atoms with E-state index < -0.39 is 5.60 Å². The molecule has 0 spiro atoms. The van der Waals surface area contributed by atoms with Crippen LogP contribution in [0.5, 0.6) is 0 Å². The zero-order chi connectivity index (χ0) is 16.0. The van der Waals surface area contributed by atoms with E-state index in [0.717, 1.165) is 29.6 Å². The second-order valence-corrected chi connectivity index (χ2v) is 6.74. The Labute approximate surface area is 132 Å². The summed E-state index contributed by atoms with van der Waals surface area (Å²) >= 11 is 1.63. The lowest BCUT2D eigenvalue weighted by atomic mass is 10.1. The van der Waals surface area contributed by atoms with Gasteiger partial charge in [-0.3, -0.25) is 0 Å². The fourth-order valence-corrected chi connectivity index (χ4v) is 2.66. The summed E-state index contributed by atoms with van der Waals surface area (Å²) in [6.07, 6.45) is 1.99. The number of hydrogen-bond donors (Lipinski definition) is 3. The van der Waals surface area contributed by atoms with Gasteiger partial charge < -0.3 is 15.7 Å². The fourth-order valence-electron chi connectivity index (χ4n) is 1.94. The topological polar surface area (TPSA) is 70.1 Å². The molecule has 0 radical (unpaired) electrons. The Morgan fingerprint density at radius 2 is 1.81 bits per heavy atom. The van der Waals surface area contributed by atoms with E-state index in [1.807, 2.05) is 27.0 Å². The van der Waals surface area contributed by atoms with Crippen LogP contribution in [0.3, 0.4) is 0 Å². The molecule has 120 valence electrons. The first kappa shape index (κ1) is 18.0. The van der Waals surface area contributed by atoms with Crippen LogP contribution in [0.4, 0.5) is 11.6 Å². The Balaban J connectivity index is 2.99. The summed E-state index contributed by atoms with van der Waals surface area (Å²) in [6, 6.07) is 0. The SMILES string of the molecule is CCNc1nc(C(C)C)nc(NCC(C)(O)CSC)c1C. The van der Waals surface area contributed by atoms with Gasteiger partial charge >= 0.3 is 0 Å². The summed E-state index contributed by atoms with van der Waals surface area (Å²) < 4.78 is 0. The number of rotatable bonds is 8. The minimum absolute atomic E-state index is 0.260. The van der Waals surface area contributed by atoms with E-state index in [9.17, 15) is 5.11 Å². The maximum Gasteiger partial charge on any atom is 0.135 e. The van der Waals surface area contributed by atoms with E-state index in [1.165, 1.54) is 0 Å².